The number of aryl methyl sites for hydroxylation is 1. The number of rotatable bonds is 6. The van der Waals surface area contributed by atoms with E-state index in [0.29, 0.717) is 6.04 Å². The van der Waals surface area contributed by atoms with E-state index in [1.165, 1.54) is 31.7 Å². The van der Waals surface area contributed by atoms with Crippen molar-refractivity contribution < 1.29 is 9.13 Å². The Morgan fingerprint density at radius 1 is 1.29 bits per heavy atom. The molecule has 1 saturated carbocycles. The second-order valence-electron chi connectivity index (χ2n) is 6.20. The molecule has 0 saturated heterocycles. The summed E-state index contributed by atoms with van der Waals surface area (Å²) in [6, 6.07) is 5.20. The molecule has 1 aromatic rings. The average Bonchev–Trinajstić information content (AvgIpc) is 2.45. The topological polar surface area (TPSA) is 21.3 Å². The molecule has 2 nitrogen and oxygen atoms in total. The summed E-state index contributed by atoms with van der Waals surface area (Å²) in [5.41, 5.74) is 0.878. The molecule has 0 heterocycles. The van der Waals surface area contributed by atoms with Crippen LogP contribution in [0.1, 0.15) is 51.5 Å². The van der Waals surface area contributed by atoms with E-state index in [4.69, 9.17) is 4.74 Å². The van der Waals surface area contributed by atoms with Crippen molar-refractivity contribution in [3.8, 4) is 5.75 Å². The van der Waals surface area contributed by atoms with Crippen LogP contribution in [0.15, 0.2) is 18.2 Å². The summed E-state index contributed by atoms with van der Waals surface area (Å²) >= 11 is 0. The Morgan fingerprint density at radius 2 is 2.10 bits per heavy atom. The van der Waals surface area contributed by atoms with Crippen molar-refractivity contribution in [2.75, 3.05) is 6.54 Å². The van der Waals surface area contributed by atoms with Crippen molar-refractivity contribution in [2.45, 2.75) is 65.0 Å². The van der Waals surface area contributed by atoms with Crippen molar-refractivity contribution in [3.05, 3.63) is 29.6 Å². The molecule has 0 radical (unpaired) electrons. The minimum Gasteiger partial charge on any atom is -0.489 e. The first-order valence-electron chi connectivity index (χ1n) is 8.30. The molecule has 1 aliphatic carbocycles. The molecule has 3 unspecified atom stereocenters. The van der Waals surface area contributed by atoms with E-state index in [1.807, 2.05) is 6.92 Å². The Balaban J connectivity index is 2.07. The molecule has 0 spiro atoms. The van der Waals surface area contributed by atoms with Gasteiger partial charge in [-0.2, -0.15) is 0 Å². The summed E-state index contributed by atoms with van der Waals surface area (Å²) in [6.07, 6.45) is 6.26. The number of nitrogens with one attached hydrogen (secondary N) is 1. The van der Waals surface area contributed by atoms with Gasteiger partial charge in [-0.1, -0.05) is 26.7 Å². The zero-order valence-electron chi connectivity index (χ0n) is 13.5. The van der Waals surface area contributed by atoms with Crippen LogP contribution in [0.4, 0.5) is 4.39 Å². The van der Waals surface area contributed by atoms with Crippen LogP contribution >= 0.6 is 0 Å². The lowest BCUT2D eigenvalue weighted by molar-refractivity contribution is 0.0833. The number of benzene rings is 1. The minimum atomic E-state index is -0.199. The Labute approximate surface area is 128 Å². The van der Waals surface area contributed by atoms with E-state index in [0.717, 1.165) is 30.2 Å². The van der Waals surface area contributed by atoms with Gasteiger partial charge in [-0.25, -0.2) is 4.39 Å². The molecule has 1 aliphatic rings. The van der Waals surface area contributed by atoms with Gasteiger partial charge in [-0.3, -0.25) is 0 Å². The van der Waals surface area contributed by atoms with Gasteiger partial charge >= 0.3 is 0 Å². The summed E-state index contributed by atoms with van der Waals surface area (Å²) in [7, 11) is 0. The molecular formula is C18H28FNO. The van der Waals surface area contributed by atoms with Gasteiger partial charge in [-0.05, 0) is 62.4 Å². The fourth-order valence-electron chi connectivity index (χ4n) is 3.42. The second kappa shape index (κ2) is 7.79. The molecule has 3 heteroatoms. The van der Waals surface area contributed by atoms with Crippen LogP contribution in [-0.2, 0) is 0 Å². The van der Waals surface area contributed by atoms with E-state index in [-0.39, 0.29) is 11.9 Å². The van der Waals surface area contributed by atoms with Gasteiger partial charge in [0.1, 0.15) is 17.7 Å². The molecule has 1 fully saturated rings. The number of likely N-dealkylation sites (N-methyl/N-ethyl adjacent to an activating group) is 1. The monoisotopic (exact) mass is 293 g/mol. The zero-order valence-corrected chi connectivity index (χ0v) is 13.5. The largest absolute Gasteiger partial charge is 0.489 e. The van der Waals surface area contributed by atoms with Crippen molar-refractivity contribution in [1.82, 2.24) is 5.32 Å². The van der Waals surface area contributed by atoms with E-state index in [1.54, 1.807) is 12.1 Å². The lowest BCUT2D eigenvalue weighted by atomic mass is 9.81. The number of ether oxygens (including phenoxy) is 1. The van der Waals surface area contributed by atoms with Crippen LogP contribution in [0.5, 0.6) is 5.75 Å². The molecule has 0 bridgehead atoms. The van der Waals surface area contributed by atoms with Crippen LogP contribution < -0.4 is 10.1 Å². The van der Waals surface area contributed by atoms with Crippen molar-refractivity contribution in [2.24, 2.45) is 5.92 Å². The minimum absolute atomic E-state index is 0.194. The SMILES string of the molecule is CCCC1CCC(NCC)C(Oc2ccc(F)cc2C)C1. The highest BCUT2D eigenvalue weighted by Crippen LogP contribution is 2.32. The highest BCUT2D eigenvalue weighted by atomic mass is 19.1. The Bertz CT molecular complexity index is 449. The van der Waals surface area contributed by atoms with E-state index < -0.39 is 0 Å². The zero-order chi connectivity index (χ0) is 15.2. The third-order valence-electron chi connectivity index (χ3n) is 4.48. The van der Waals surface area contributed by atoms with E-state index in [9.17, 15) is 4.39 Å². The van der Waals surface area contributed by atoms with Crippen LogP contribution in [-0.4, -0.2) is 18.7 Å². The smallest absolute Gasteiger partial charge is 0.123 e. The molecule has 2 rings (SSSR count). The first-order valence-corrected chi connectivity index (χ1v) is 8.30. The Kier molecular flexibility index (Phi) is 6.04. The number of halogens is 1. The maximum Gasteiger partial charge on any atom is 0.123 e. The van der Waals surface area contributed by atoms with Gasteiger partial charge < -0.3 is 10.1 Å². The average molecular weight is 293 g/mol. The fraction of sp³-hybridized carbons (Fsp3) is 0.667. The van der Waals surface area contributed by atoms with E-state index in [2.05, 4.69) is 19.2 Å². The first-order chi connectivity index (χ1) is 10.1. The van der Waals surface area contributed by atoms with Gasteiger partial charge in [0.05, 0.1) is 0 Å². The third kappa shape index (κ3) is 4.44. The predicted molar refractivity (Wildman–Crippen MR) is 85.3 cm³/mol. The summed E-state index contributed by atoms with van der Waals surface area (Å²) in [5, 5.41) is 3.55. The molecular weight excluding hydrogens is 265 g/mol. The Hall–Kier alpha value is -1.09. The standard InChI is InChI=1S/C18H28FNO/c1-4-6-14-7-9-16(20-5-2)18(12-14)21-17-10-8-15(19)11-13(17)3/h8,10-11,14,16,18,20H,4-7,9,12H2,1-3H3. The molecule has 0 amide bonds. The van der Waals surface area contributed by atoms with Gasteiger partial charge in [0.25, 0.3) is 0 Å². The van der Waals surface area contributed by atoms with Crippen LogP contribution in [0.25, 0.3) is 0 Å². The summed E-state index contributed by atoms with van der Waals surface area (Å²) in [4.78, 5) is 0. The molecule has 118 valence electrons. The maximum absolute atomic E-state index is 13.2. The number of hydrogen-bond acceptors (Lipinski definition) is 2. The second-order valence-corrected chi connectivity index (χ2v) is 6.20. The maximum atomic E-state index is 13.2. The van der Waals surface area contributed by atoms with Crippen molar-refractivity contribution in [3.63, 3.8) is 0 Å². The lowest BCUT2D eigenvalue weighted by Gasteiger charge is -2.37. The fourth-order valence-corrected chi connectivity index (χ4v) is 3.42. The summed E-state index contributed by atoms with van der Waals surface area (Å²) in [5.74, 6) is 1.38. The lowest BCUT2D eigenvalue weighted by Crippen LogP contribution is -2.47. The first kappa shape index (κ1) is 16.3. The van der Waals surface area contributed by atoms with E-state index >= 15 is 0 Å². The molecule has 1 aromatic carbocycles. The summed E-state index contributed by atoms with van der Waals surface area (Å²) < 4.78 is 19.5. The van der Waals surface area contributed by atoms with Crippen molar-refractivity contribution >= 4 is 0 Å². The van der Waals surface area contributed by atoms with Crippen LogP contribution in [0, 0.1) is 18.7 Å². The van der Waals surface area contributed by atoms with Gasteiger partial charge in [-0.15, -0.1) is 0 Å². The molecule has 3 atom stereocenters. The quantitative estimate of drug-likeness (QED) is 0.836. The highest BCUT2D eigenvalue weighted by Gasteiger charge is 2.31. The molecule has 0 aliphatic heterocycles. The normalized spacial score (nSPS) is 25.8. The molecule has 1 N–H and O–H groups in total. The molecule has 21 heavy (non-hydrogen) atoms. The van der Waals surface area contributed by atoms with Crippen molar-refractivity contribution in [1.29, 1.82) is 0 Å². The third-order valence-corrected chi connectivity index (χ3v) is 4.48. The molecule has 0 aromatic heterocycles. The summed E-state index contributed by atoms with van der Waals surface area (Å²) in [6.45, 7) is 7.26. The Morgan fingerprint density at radius 3 is 2.76 bits per heavy atom. The van der Waals surface area contributed by atoms with Crippen LogP contribution in [0.2, 0.25) is 0 Å². The van der Waals surface area contributed by atoms with Gasteiger partial charge in [0.15, 0.2) is 0 Å². The van der Waals surface area contributed by atoms with Crippen LogP contribution in [0.3, 0.4) is 0 Å². The number of hydrogen-bond donors (Lipinski definition) is 1. The predicted octanol–water partition coefficient (Wildman–Crippen LogP) is 4.46. The van der Waals surface area contributed by atoms with Gasteiger partial charge in [0, 0.05) is 6.04 Å². The van der Waals surface area contributed by atoms with Gasteiger partial charge in [0.2, 0.25) is 0 Å². The highest BCUT2D eigenvalue weighted by molar-refractivity contribution is 5.33.